The second-order valence-corrected chi connectivity index (χ2v) is 3.26. The van der Waals surface area contributed by atoms with Crippen LogP contribution in [0.4, 0.5) is 0 Å². The summed E-state index contributed by atoms with van der Waals surface area (Å²) in [6.45, 7) is 5.35. The van der Waals surface area contributed by atoms with Crippen LogP contribution in [0.15, 0.2) is 6.33 Å². The molecule has 0 aromatic carbocycles. The summed E-state index contributed by atoms with van der Waals surface area (Å²) in [5.74, 6) is 0. The molecule has 2 heterocycles. The first-order chi connectivity index (χ1) is 5.92. The molecule has 0 aliphatic carbocycles. The molecule has 0 spiro atoms. The van der Waals surface area contributed by atoms with Crippen LogP contribution in [0.1, 0.15) is 24.7 Å². The van der Waals surface area contributed by atoms with Gasteiger partial charge < -0.3 is 9.88 Å². The molecule has 3 nitrogen and oxygen atoms in total. The summed E-state index contributed by atoms with van der Waals surface area (Å²) in [6, 6.07) is 0. The zero-order valence-corrected chi connectivity index (χ0v) is 7.51. The van der Waals surface area contributed by atoms with E-state index in [1.165, 1.54) is 17.8 Å². The van der Waals surface area contributed by atoms with E-state index >= 15 is 0 Å². The first-order valence-corrected chi connectivity index (χ1v) is 4.65. The van der Waals surface area contributed by atoms with Gasteiger partial charge in [0.05, 0.1) is 17.7 Å². The number of aromatic nitrogens is 2. The van der Waals surface area contributed by atoms with Gasteiger partial charge in [0.25, 0.3) is 0 Å². The molecule has 12 heavy (non-hydrogen) atoms. The Morgan fingerprint density at radius 3 is 3.42 bits per heavy atom. The number of nitrogens with one attached hydrogen (secondary N) is 1. The number of hydrogen-bond donors (Lipinski definition) is 1. The predicted octanol–water partition coefficient (Wildman–Crippen LogP) is 0.939. The Morgan fingerprint density at radius 2 is 2.58 bits per heavy atom. The minimum Gasteiger partial charge on any atom is -0.332 e. The Morgan fingerprint density at radius 1 is 1.67 bits per heavy atom. The van der Waals surface area contributed by atoms with Gasteiger partial charge in [-0.15, -0.1) is 0 Å². The molecule has 66 valence electrons. The van der Waals surface area contributed by atoms with Crippen LogP contribution in [0.3, 0.4) is 0 Å². The van der Waals surface area contributed by atoms with E-state index in [9.17, 15) is 0 Å². The Hall–Kier alpha value is -0.830. The van der Waals surface area contributed by atoms with E-state index in [1.54, 1.807) is 0 Å². The van der Waals surface area contributed by atoms with Crippen molar-refractivity contribution in [1.29, 1.82) is 0 Å². The van der Waals surface area contributed by atoms with Crippen LogP contribution in [-0.4, -0.2) is 16.1 Å². The first-order valence-electron chi connectivity index (χ1n) is 4.65. The largest absolute Gasteiger partial charge is 0.332 e. The maximum absolute atomic E-state index is 4.41. The van der Waals surface area contributed by atoms with Gasteiger partial charge in [-0.3, -0.25) is 0 Å². The van der Waals surface area contributed by atoms with Gasteiger partial charge in [-0.1, -0.05) is 13.3 Å². The fourth-order valence-corrected chi connectivity index (χ4v) is 1.70. The molecule has 1 aromatic rings. The van der Waals surface area contributed by atoms with E-state index in [0.717, 1.165) is 26.1 Å². The molecule has 0 saturated heterocycles. The molecule has 2 rings (SSSR count). The highest BCUT2D eigenvalue weighted by Gasteiger charge is 2.12. The highest BCUT2D eigenvalue weighted by atomic mass is 15.1. The van der Waals surface area contributed by atoms with Crippen molar-refractivity contribution >= 4 is 0 Å². The van der Waals surface area contributed by atoms with Gasteiger partial charge in [0.2, 0.25) is 0 Å². The SMILES string of the molecule is CCCc1ncn2c1CNCC2. The van der Waals surface area contributed by atoms with Gasteiger partial charge in [0.15, 0.2) is 0 Å². The smallest absolute Gasteiger partial charge is 0.0952 e. The fraction of sp³-hybridized carbons (Fsp3) is 0.667. The van der Waals surface area contributed by atoms with Crippen LogP contribution in [0.2, 0.25) is 0 Å². The Balaban J connectivity index is 2.25. The molecular formula is C9H15N3. The highest BCUT2D eigenvalue weighted by Crippen LogP contribution is 2.11. The normalized spacial score (nSPS) is 16.1. The van der Waals surface area contributed by atoms with Crippen LogP contribution in [0.25, 0.3) is 0 Å². The molecule has 0 fully saturated rings. The van der Waals surface area contributed by atoms with Crippen molar-refractivity contribution in [2.24, 2.45) is 0 Å². The van der Waals surface area contributed by atoms with E-state index in [4.69, 9.17) is 0 Å². The molecule has 0 unspecified atom stereocenters. The number of aryl methyl sites for hydroxylation is 1. The molecule has 1 N–H and O–H groups in total. The lowest BCUT2D eigenvalue weighted by Gasteiger charge is -2.16. The lowest BCUT2D eigenvalue weighted by atomic mass is 10.2. The Kier molecular flexibility index (Phi) is 2.13. The Labute approximate surface area is 72.8 Å². The number of fused-ring (bicyclic) bond motifs is 1. The molecule has 3 heteroatoms. The maximum Gasteiger partial charge on any atom is 0.0952 e. The number of nitrogens with zero attached hydrogens (tertiary/aromatic N) is 2. The van der Waals surface area contributed by atoms with Gasteiger partial charge in [-0.25, -0.2) is 4.98 Å². The van der Waals surface area contributed by atoms with Crippen molar-refractivity contribution < 1.29 is 0 Å². The van der Waals surface area contributed by atoms with Crippen molar-refractivity contribution in [3.63, 3.8) is 0 Å². The van der Waals surface area contributed by atoms with Crippen molar-refractivity contribution in [1.82, 2.24) is 14.9 Å². The topological polar surface area (TPSA) is 29.9 Å². The molecule has 1 aliphatic rings. The number of rotatable bonds is 2. The van der Waals surface area contributed by atoms with Crippen LogP contribution < -0.4 is 5.32 Å². The van der Waals surface area contributed by atoms with Crippen molar-refractivity contribution in [3.05, 3.63) is 17.7 Å². The van der Waals surface area contributed by atoms with Gasteiger partial charge in [-0.2, -0.15) is 0 Å². The maximum atomic E-state index is 4.41. The second-order valence-electron chi connectivity index (χ2n) is 3.26. The average Bonchev–Trinajstić information content (AvgIpc) is 2.50. The lowest BCUT2D eigenvalue weighted by Crippen LogP contribution is -2.27. The zero-order chi connectivity index (χ0) is 8.39. The molecule has 0 atom stereocenters. The standard InChI is InChI=1S/C9H15N3/c1-2-3-8-9-6-10-4-5-12(9)7-11-8/h7,10H,2-6H2,1H3. The van der Waals surface area contributed by atoms with E-state index in [-0.39, 0.29) is 0 Å². The van der Waals surface area contributed by atoms with Crippen LogP contribution in [-0.2, 0) is 19.5 Å². The van der Waals surface area contributed by atoms with Crippen LogP contribution >= 0.6 is 0 Å². The van der Waals surface area contributed by atoms with Crippen LogP contribution in [0.5, 0.6) is 0 Å². The molecule has 0 saturated carbocycles. The van der Waals surface area contributed by atoms with E-state index < -0.39 is 0 Å². The third-order valence-electron chi connectivity index (χ3n) is 2.34. The van der Waals surface area contributed by atoms with E-state index in [0.29, 0.717) is 0 Å². The lowest BCUT2D eigenvalue weighted by molar-refractivity contribution is 0.512. The molecule has 0 amide bonds. The Bertz CT molecular complexity index is 265. The number of imidazole rings is 1. The molecule has 1 aromatic heterocycles. The van der Waals surface area contributed by atoms with Crippen molar-refractivity contribution in [2.75, 3.05) is 6.54 Å². The minimum absolute atomic E-state index is 0.995. The van der Waals surface area contributed by atoms with Gasteiger partial charge in [-0.05, 0) is 6.42 Å². The monoisotopic (exact) mass is 165 g/mol. The third kappa shape index (κ3) is 1.25. The van der Waals surface area contributed by atoms with E-state index in [2.05, 4.69) is 21.8 Å². The van der Waals surface area contributed by atoms with E-state index in [1.807, 2.05) is 6.33 Å². The quantitative estimate of drug-likeness (QED) is 0.706. The summed E-state index contributed by atoms with van der Waals surface area (Å²) in [5.41, 5.74) is 2.67. The third-order valence-corrected chi connectivity index (χ3v) is 2.34. The van der Waals surface area contributed by atoms with Gasteiger partial charge in [0.1, 0.15) is 0 Å². The first kappa shape index (κ1) is 7.80. The summed E-state index contributed by atoms with van der Waals surface area (Å²) in [5, 5.41) is 3.37. The van der Waals surface area contributed by atoms with Crippen LogP contribution in [0, 0.1) is 0 Å². The average molecular weight is 165 g/mol. The summed E-state index contributed by atoms with van der Waals surface area (Å²) in [6.07, 6.45) is 4.27. The fourth-order valence-electron chi connectivity index (χ4n) is 1.70. The number of hydrogen-bond acceptors (Lipinski definition) is 2. The van der Waals surface area contributed by atoms with Crippen molar-refractivity contribution in [2.45, 2.75) is 32.9 Å². The minimum atomic E-state index is 0.995. The summed E-state index contributed by atoms with van der Waals surface area (Å²) in [7, 11) is 0. The van der Waals surface area contributed by atoms with Gasteiger partial charge >= 0.3 is 0 Å². The zero-order valence-electron chi connectivity index (χ0n) is 7.51. The van der Waals surface area contributed by atoms with Crippen molar-refractivity contribution in [3.8, 4) is 0 Å². The highest BCUT2D eigenvalue weighted by molar-refractivity contribution is 5.14. The van der Waals surface area contributed by atoms with Gasteiger partial charge in [0, 0.05) is 19.6 Å². The molecule has 0 bridgehead atoms. The second kappa shape index (κ2) is 3.27. The summed E-state index contributed by atoms with van der Waals surface area (Å²) >= 11 is 0. The molecular weight excluding hydrogens is 150 g/mol. The molecule has 0 radical (unpaired) electrons. The molecule has 1 aliphatic heterocycles. The summed E-state index contributed by atoms with van der Waals surface area (Å²) < 4.78 is 2.27. The predicted molar refractivity (Wildman–Crippen MR) is 47.9 cm³/mol. The summed E-state index contributed by atoms with van der Waals surface area (Å²) in [4.78, 5) is 4.41.